The molecule has 6 heteroatoms. The minimum absolute atomic E-state index is 0.265. The van der Waals surface area contributed by atoms with Crippen molar-refractivity contribution in [2.75, 3.05) is 27.4 Å². The van der Waals surface area contributed by atoms with E-state index in [1.807, 2.05) is 6.92 Å². The highest BCUT2D eigenvalue weighted by Gasteiger charge is 2.33. The molecule has 106 valence electrons. The van der Waals surface area contributed by atoms with E-state index in [-0.39, 0.29) is 12.5 Å². The van der Waals surface area contributed by atoms with Gasteiger partial charge in [0.25, 0.3) is 5.91 Å². The fourth-order valence-electron chi connectivity index (χ4n) is 1.37. The first-order valence-corrected chi connectivity index (χ1v) is 5.69. The smallest absolute Gasteiger partial charge is 0.303 e. The van der Waals surface area contributed by atoms with Crippen molar-refractivity contribution in [2.24, 2.45) is 0 Å². The molecule has 0 aliphatic heterocycles. The highest BCUT2D eigenvalue weighted by molar-refractivity contribution is 5.86. The maximum Gasteiger partial charge on any atom is 0.303 e. The maximum absolute atomic E-state index is 11.9. The molecule has 0 aliphatic rings. The molecular formula is C12H23NO5. The largest absolute Gasteiger partial charge is 0.450 e. The van der Waals surface area contributed by atoms with Crippen LogP contribution >= 0.6 is 0 Å². The monoisotopic (exact) mass is 261 g/mol. The van der Waals surface area contributed by atoms with Crippen molar-refractivity contribution in [2.45, 2.75) is 38.9 Å². The summed E-state index contributed by atoms with van der Waals surface area (Å²) in [6.45, 7) is 6.75. The molecule has 0 fully saturated rings. The van der Waals surface area contributed by atoms with E-state index >= 15 is 0 Å². The molecule has 0 spiro atoms. The van der Waals surface area contributed by atoms with Crippen LogP contribution in [0.1, 0.15) is 27.7 Å². The summed E-state index contributed by atoms with van der Waals surface area (Å²) < 4.78 is 15.2. The Morgan fingerprint density at radius 1 is 1.17 bits per heavy atom. The van der Waals surface area contributed by atoms with Gasteiger partial charge >= 0.3 is 5.97 Å². The first kappa shape index (κ1) is 16.9. The van der Waals surface area contributed by atoms with Crippen LogP contribution in [-0.4, -0.2) is 50.4 Å². The van der Waals surface area contributed by atoms with Gasteiger partial charge in [0.1, 0.15) is 5.60 Å². The van der Waals surface area contributed by atoms with Gasteiger partial charge in [-0.1, -0.05) is 0 Å². The molecule has 1 N–H and O–H groups in total. The SMILES string of the molecule is COCC(C)(CNC(=O)C(C)(C)OC(C)=O)OC. The molecule has 1 unspecified atom stereocenters. The second-order valence-corrected chi connectivity index (χ2v) is 4.87. The third-order valence-corrected chi connectivity index (χ3v) is 2.51. The number of hydrogen-bond acceptors (Lipinski definition) is 5. The van der Waals surface area contributed by atoms with E-state index in [9.17, 15) is 9.59 Å². The Labute approximate surface area is 108 Å². The molecule has 0 saturated heterocycles. The van der Waals surface area contributed by atoms with Gasteiger partial charge in [-0.25, -0.2) is 0 Å². The lowest BCUT2D eigenvalue weighted by Crippen LogP contribution is -2.51. The molecule has 6 nitrogen and oxygen atoms in total. The fourth-order valence-corrected chi connectivity index (χ4v) is 1.37. The predicted molar refractivity (Wildman–Crippen MR) is 66.1 cm³/mol. The molecule has 0 bridgehead atoms. The van der Waals surface area contributed by atoms with E-state index in [1.54, 1.807) is 14.2 Å². The van der Waals surface area contributed by atoms with Gasteiger partial charge in [-0.15, -0.1) is 0 Å². The molecule has 0 heterocycles. The Hall–Kier alpha value is -1.14. The third-order valence-electron chi connectivity index (χ3n) is 2.51. The van der Waals surface area contributed by atoms with E-state index in [2.05, 4.69) is 5.32 Å². The summed E-state index contributed by atoms with van der Waals surface area (Å²) in [7, 11) is 3.10. The highest BCUT2D eigenvalue weighted by atomic mass is 16.6. The summed E-state index contributed by atoms with van der Waals surface area (Å²) in [6.07, 6.45) is 0. The van der Waals surface area contributed by atoms with E-state index in [0.717, 1.165) is 0 Å². The number of hydrogen-bond donors (Lipinski definition) is 1. The zero-order chi connectivity index (χ0) is 14.4. The summed E-state index contributed by atoms with van der Waals surface area (Å²) in [5.74, 6) is -0.876. The van der Waals surface area contributed by atoms with E-state index < -0.39 is 17.2 Å². The zero-order valence-electron chi connectivity index (χ0n) is 12.0. The predicted octanol–water partition coefficient (Wildman–Crippen LogP) is 0.496. The molecule has 1 amide bonds. The van der Waals surface area contributed by atoms with Crippen LogP contribution in [0, 0.1) is 0 Å². The first-order chi connectivity index (χ1) is 8.17. The number of carbonyl (C=O) groups is 2. The van der Waals surface area contributed by atoms with Crippen LogP contribution in [0.5, 0.6) is 0 Å². The Balaban J connectivity index is 4.44. The van der Waals surface area contributed by atoms with Crippen LogP contribution in [0.3, 0.4) is 0 Å². The Morgan fingerprint density at radius 2 is 1.72 bits per heavy atom. The molecule has 0 saturated carbocycles. The van der Waals surface area contributed by atoms with Crippen molar-refractivity contribution >= 4 is 11.9 Å². The quantitative estimate of drug-likeness (QED) is 0.675. The van der Waals surface area contributed by atoms with Gasteiger partial charge in [-0.2, -0.15) is 0 Å². The summed E-state index contributed by atoms with van der Waals surface area (Å²) in [6, 6.07) is 0. The normalized spacial score (nSPS) is 14.8. The number of amides is 1. The second kappa shape index (κ2) is 6.70. The number of carbonyl (C=O) groups excluding carboxylic acids is 2. The van der Waals surface area contributed by atoms with Crippen molar-refractivity contribution < 1.29 is 23.8 Å². The van der Waals surface area contributed by atoms with E-state index in [4.69, 9.17) is 14.2 Å². The van der Waals surface area contributed by atoms with Crippen LogP contribution in [0.25, 0.3) is 0 Å². The number of methoxy groups -OCH3 is 2. The van der Waals surface area contributed by atoms with E-state index in [0.29, 0.717) is 6.61 Å². The van der Waals surface area contributed by atoms with Crippen molar-refractivity contribution in [1.29, 1.82) is 0 Å². The van der Waals surface area contributed by atoms with Gasteiger partial charge in [0.05, 0.1) is 6.61 Å². The molecule has 0 rings (SSSR count). The van der Waals surface area contributed by atoms with Crippen molar-refractivity contribution in [3.8, 4) is 0 Å². The van der Waals surface area contributed by atoms with Crippen LogP contribution in [0.15, 0.2) is 0 Å². The minimum atomic E-state index is -1.20. The fraction of sp³-hybridized carbons (Fsp3) is 0.833. The molecule has 18 heavy (non-hydrogen) atoms. The van der Waals surface area contributed by atoms with Gasteiger partial charge in [-0.3, -0.25) is 9.59 Å². The number of esters is 1. The lowest BCUT2D eigenvalue weighted by molar-refractivity contribution is -0.163. The number of ether oxygens (including phenoxy) is 3. The summed E-state index contributed by atoms with van der Waals surface area (Å²) in [5.41, 5.74) is -1.82. The van der Waals surface area contributed by atoms with Gasteiger partial charge in [-0.05, 0) is 20.8 Å². The van der Waals surface area contributed by atoms with Gasteiger partial charge in [0.2, 0.25) is 0 Å². The van der Waals surface area contributed by atoms with Gasteiger partial charge in [0.15, 0.2) is 5.60 Å². The summed E-state index contributed by atoms with van der Waals surface area (Å²) >= 11 is 0. The average molecular weight is 261 g/mol. The lowest BCUT2D eigenvalue weighted by Gasteiger charge is -2.30. The Bertz CT molecular complexity index is 303. The van der Waals surface area contributed by atoms with Crippen LogP contribution < -0.4 is 5.32 Å². The van der Waals surface area contributed by atoms with Crippen LogP contribution in [-0.2, 0) is 23.8 Å². The lowest BCUT2D eigenvalue weighted by atomic mass is 10.1. The molecular weight excluding hydrogens is 238 g/mol. The van der Waals surface area contributed by atoms with Crippen LogP contribution in [0.4, 0.5) is 0 Å². The molecule has 0 radical (unpaired) electrons. The highest BCUT2D eigenvalue weighted by Crippen LogP contribution is 2.12. The summed E-state index contributed by atoms with van der Waals surface area (Å²) in [4.78, 5) is 22.8. The molecule has 1 atom stereocenters. The number of rotatable bonds is 7. The van der Waals surface area contributed by atoms with Crippen molar-refractivity contribution in [3.63, 3.8) is 0 Å². The first-order valence-electron chi connectivity index (χ1n) is 5.69. The van der Waals surface area contributed by atoms with Gasteiger partial charge < -0.3 is 19.5 Å². The van der Waals surface area contributed by atoms with Crippen molar-refractivity contribution in [1.82, 2.24) is 5.32 Å². The molecule has 0 aromatic rings. The van der Waals surface area contributed by atoms with Crippen molar-refractivity contribution in [3.05, 3.63) is 0 Å². The molecule has 0 aromatic carbocycles. The molecule has 0 aromatic heterocycles. The Morgan fingerprint density at radius 3 is 2.11 bits per heavy atom. The minimum Gasteiger partial charge on any atom is -0.450 e. The van der Waals surface area contributed by atoms with E-state index in [1.165, 1.54) is 20.8 Å². The Kier molecular flexibility index (Phi) is 6.28. The standard InChI is InChI=1S/C12H23NO5/c1-9(14)18-11(2,3)10(15)13-7-12(4,17-6)8-16-5/h7-8H2,1-6H3,(H,13,15). The van der Waals surface area contributed by atoms with Gasteiger partial charge in [0, 0.05) is 27.7 Å². The zero-order valence-corrected chi connectivity index (χ0v) is 12.0. The summed E-state index contributed by atoms with van der Waals surface area (Å²) in [5, 5.41) is 2.68. The van der Waals surface area contributed by atoms with Crippen LogP contribution in [0.2, 0.25) is 0 Å². The molecule has 0 aliphatic carbocycles. The second-order valence-electron chi connectivity index (χ2n) is 4.87. The maximum atomic E-state index is 11.9. The average Bonchev–Trinajstić information content (AvgIpc) is 2.24. The third kappa shape index (κ3) is 5.46. The number of nitrogens with one attached hydrogen (secondary N) is 1. The topological polar surface area (TPSA) is 73.9 Å².